The lowest BCUT2D eigenvalue weighted by Gasteiger charge is -2.24. The fourth-order valence-corrected chi connectivity index (χ4v) is 5.80. The van der Waals surface area contributed by atoms with Gasteiger partial charge in [-0.2, -0.15) is 18.3 Å². The SMILES string of the molecule is CC(C)OC(=O)C(C)NP(=O)(OCC1CC(F)C(n2ccc(=O)[nH]c2=O)O1)Oc1ccc(-c2ccc(C(F)(F)F)cc2)cc1. The molecule has 4 rings (SSSR count). The topological polar surface area (TPSA) is 138 Å². The van der Waals surface area contributed by atoms with Crippen LogP contribution in [0.2, 0.25) is 0 Å². The van der Waals surface area contributed by atoms with Crippen LogP contribution in [-0.4, -0.2) is 46.5 Å². The minimum atomic E-state index is -4.47. The van der Waals surface area contributed by atoms with Crippen LogP contribution >= 0.6 is 7.75 Å². The molecule has 5 atom stereocenters. The number of carbonyl (C=O) groups is 1. The third kappa shape index (κ3) is 8.44. The molecule has 1 aromatic heterocycles. The predicted molar refractivity (Wildman–Crippen MR) is 150 cm³/mol. The molecule has 238 valence electrons. The zero-order chi connectivity index (χ0) is 32.2. The summed E-state index contributed by atoms with van der Waals surface area (Å²) in [6.45, 7) is 4.16. The number of nitrogens with zero attached hydrogens (tertiary/aromatic N) is 1. The molecule has 1 aliphatic heterocycles. The summed E-state index contributed by atoms with van der Waals surface area (Å²) in [6, 6.07) is 10.3. The van der Waals surface area contributed by atoms with Crippen LogP contribution in [0.15, 0.2) is 70.4 Å². The summed E-state index contributed by atoms with van der Waals surface area (Å²) in [5.74, 6) is -0.724. The molecular weight excluding hydrogens is 613 g/mol. The molecule has 3 aromatic rings. The zero-order valence-electron chi connectivity index (χ0n) is 23.7. The first-order valence-electron chi connectivity index (χ1n) is 13.4. The second kappa shape index (κ2) is 13.5. The standard InChI is InChI=1S/C28H30F4N3O8P/c1-16(2)41-26(37)17(3)34-44(39,40-15-22-14-23(29)25(42-22)35-13-12-24(36)33-27(35)38)43-21-10-6-19(7-11-21)18-4-8-20(9-5-18)28(30,31)32/h4-13,16-17,22-23,25H,14-15H2,1-3H3,(H,34,39)(H,33,36,38). The van der Waals surface area contributed by atoms with E-state index < -0.39 is 74.0 Å². The molecule has 44 heavy (non-hydrogen) atoms. The summed E-state index contributed by atoms with van der Waals surface area (Å²) < 4.78 is 90.1. The number of aromatic nitrogens is 2. The van der Waals surface area contributed by atoms with Crippen LogP contribution in [0.1, 0.15) is 39.0 Å². The average Bonchev–Trinajstić information content (AvgIpc) is 3.31. The van der Waals surface area contributed by atoms with E-state index in [-0.39, 0.29) is 12.2 Å². The zero-order valence-corrected chi connectivity index (χ0v) is 24.6. The highest BCUT2D eigenvalue weighted by atomic mass is 31.2. The van der Waals surface area contributed by atoms with Crippen molar-refractivity contribution < 1.29 is 45.4 Å². The van der Waals surface area contributed by atoms with Gasteiger partial charge in [-0.1, -0.05) is 24.3 Å². The Morgan fingerprint density at radius 1 is 1.07 bits per heavy atom. The Balaban J connectivity index is 1.49. The number of nitrogens with one attached hydrogen (secondary N) is 2. The van der Waals surface area contributed by atoms with Crippen molar-refractivity contribution in [3.8, 4) is 16.9 Å². The van der Waals surface area contributed by atoms with Crippen molar-refractivity contribution in [3.63, 3.8) is 0 Å². The highest BCUT2D eigenvalue weighted by Crippen LogP contribution is 2.46. The van der Waals surface area contributed by atoms with Gasteiger partial charge in [0.15, 0.2) is 6.23 Å². The molecule has 5 unspecified atom stereocenters. The minimum absolute atomic E-state index is 0.0225. The van der Waals surface area contributed by atoms with Crippen LogP contribution in [0, 0.1) is 0 Å². The first kappa shape index (κ1) is 33.1. The molecule has 1 saturated heterocycles. The molecule has 1 aliphatic rings. The lowest BCUT2D eigenvalue weighted by Crippen LogP contribution is -2.36. The van der Waals surface area contributed by atoms with Gasteiger partial charge in [0.05, 0.1) is 24.4 Å². The van der Waals surface area contributed by atoms with Crippen LogP contribution in [0.25, 0.3) is 11.1 Å². The molecule has 0 saturated carbocycles. The Morgan fingerprint density at radius 2 is 1.68 bits per heavy atom. The fourth-order valence-electron chi connectivity index (χ4n) is 4.27. The minimum Gasteiger partial charge on any atom is -0.462 e. The first-order valence-corrected chi connectivity index (χ1v) is 15.0. The molecule has 0 aliphatic carbocycles. The largest absolute Gasteiger partial charge is 0.462 e. The van der Waals surface area contributed by atoms with Crippen LogP contribution in [0.3, 0.4) is 0 Å². The Bertz CT molecular complexity index is 1610. The molecule has 2 heterocycles. The Morgan fingerprint density at radius 3 is 2.25 bits per heavy atom. The third-order valence-corrected chi connectivity index (χ3v) is 8.01. The number of halogens is 4. The molecule has 1 fully saturated rings. The van der Waals surface area contributed by atoms with Gasteiger partial charge in [0.1, 0.15) is 18.0 Å². The Hall–Kier alpha value is -3.78. The number of benzene rings is 2. The maximum atomic E-state index is 14.8. The van der Waals surface area contributed by atoms with E-state index in [1.807, 2.05) is 4.98 Å². The van der Waals surface area contributed by atoms with Gasteiger partial charge in [0.25, 0.3) is 5.56 Å². The molecule has 0 bridgehead atoms. The lowest BCUT2D eigenvalue weighted by atomic mass is 10.0. The van der Waals surface area contributed by atoms with E-state index in [4.69, 9.17) is 18.5 Å². The second-order valence-corrected chi connectivity index (χ2v) is 11.9. The molecule has 0 amide bonds. The first-order chi connectivity index (χ1) is 20.6. The van der Waals surface area contributed by atoms with E-state index in [2.05, 4.69) is 5.09 Å². The van der Waals surface area contributed by atoms with E-state index in [0.717, 1.165) is 29.0 Å². The molecule has 0 spiro atoms. The fraction of sp³-hybridized carbons (Fsp3) is 0.393. The predicted octanol–water partition coefficient (Wildman–Crippen LogP) is 4.98. The molecule has 11 nitrogen and oxygen atoms in total. The Kier molecular flexibility index (Phi) is 10.1. The normalized spacial score (nSPS) is 20.7. The number of hydrogen-bond donors (Lipinski definition) is 2. The van der Waals surface area contributed by atoms with Crippen molar-refractivity contribution in [1.29, 1.82) is 0 Å². The van der Waals surface area contributed by atoms with E-state index in [1.165, 1.54) is 43.3 Å². The quantitative estimate of drug-likeness (QED) is 0.168. The lowest BCUT2D eigenvalue weighted by molar-refractivity contribution is -0.149. The summed E-state index contributed by atoms with van der Waals surface area (Å²) >= 11 is 0. The molecule has 2 aromatic carbocycles. The molecule has 16 heteroatoms. The number of ether oxygens (including phenoxy) is 2. The number of hydrogen-bond acceptors (Lipinski definition) is 8. The van der Waals surface area contributed by atoms with E-state index in [1.54, 1.807) is 13.8 Å². The number of rotatable bonds is 11. The van der Waals surface area contributed by atoms with Crippen molar-refractivity contribution in [2.75, 3.05) is 6.61 Å². The number of alkyl halides is 4. The maximum Gasteiger partial charge on any atom is 0.459 e. The van der Waals surface area contributed by atoms with Gasteiger partial charge in [-0.3, -0.25) is 23.7 Å². The summed E-state index contributed by atoms with van der Waals surface area (Å²) in [5, 5.41) is 2.49. The van der Waals surface area contributed by atoms with Gasteiger partial charge >= 0.3 is 25.6 Å². The summed E-state index contributed by atoms with van der Waals surface area (Å²) in [4.78, 5) is 37.9. The van der Waals surface area contributed by atoms with Crippen molar-refractivity contribution in [2.24, 2.45) is 0 Å². The second-order valence-electron chi connectivity index (χ2n) is 10.2. The molecule has 0 radical (unpaired) electrons. The summed E-state index contributed by atoms with van der Waals surface area (Å²) in [6.07, 6.45) is -8.13. The van der Waals surface area contributed by atoms with Crippen molar-refractivity contribution >= 4 is 13.7 Å². The van der Waals surface area contributed by atoms with E-state index in [0.29, 0.717) is 11.1 Å². The summed E-state index contributed by atoms with van der Waals surface area (Å²) in [5.41, 5.74) is -1.30. The van der Waals surface area contributed by atoms with Gasteiger partial charge in [-0.05, 0) is 56.2 Å². The van der Waals surface area contributed by atoms with E-state index >= 15 is 0 Å². The highest BCUT2D eigenvalue weighted by molar-refractivity contribution is 7.52. The highest BCUT2D eigenvalue weighted by Gasteiger charge is 2.40. The number of carbonyl (C=O) groups excluding carboxylic acids is 1. The third-order valence-electron chi connectivity index (χ3n) is 6.37. The monoisotopic (exact) mass is 643 g/mol. The van der Waals surface area contributed by atoms with Gasteiger partial charge < -0.3 is 14.0 Å². The van der Waals surface area contributed by atoms with Gasteiger partial charge in [-0.25, -0.2) is 13.8 Å². The van der Waals surface area contributed by atoms with Crippen LogP contribution in [-0.2, 0) is 29.5 Å². The smallest absolute Gasteiger partial charge is 0.459 e. The van der Waals surface area contributed by atoms with Crippen molar-refractivity contribution in [2.45, 2.75) is 64.0 Å². The van der Waals surface area contributed by atoms with Gasteiger partial charge in [0, 0.05) is 18.7 Å². The number of aromatic amines is 1. The van der Waals surface area contributed by atoms with Gasteiger partial charge in [-0.15, -0.1) is 0 Å². The van der Waals surface area contributed by atoms with Gasteiger partial charge in [0.2, 0.25) is 0 Å². The number of esters is 1. The van der Waals surface area contributed by atoms with Crippen LogP contribution in [0.5, 0.6) is 5.75 Å². The van der Waals surface area contributed by atoms with E-state index in [9.17, 15) is 36.5 Å². The van der Waals surface area contributed by atoms with Crippen molar-refractivity contribution in [3.05, 3.63) is 87.2 Å². The van der Waals surface area contributed by atoms with Crippen LogP contribution in [0.4, 0.5) is 17.6 Å². The van der Waals surface area contributed by atoms with Crippen LogP contribution < -0.4 is 20.9 Å². The average molecular weight is 644 g/mol. The molecule has 2 N–H and O–H groups in total. The molecular formula is C28H30F4N3O8P. The number of H-pyrrole nitrogens is 1. The van der Waals surface area contributed by atoms with Crippen molar-refractivity contribution in [1.82, 2.24) is 14.6 Å². The summed E-state index contributed by atoms with van der Waals surface area (Å²) in [7, 11) is -4.38. The Labute approximate surface area is 248 Å². The maximum absolute atomic E-state index is 14.8.